The molecule has 3 aromatic carbocycles. The molecule has 1 heterocycles. The standard InChI is InChI=1S/C31H35FN2O4S/c1-18(2)22-16-25(19(3)4)29(26(17-22)20(5)6)39(35,36)38-31-24-10-8-9-11-27(24)33-30(34-31)28(37-7)21-12-14-23(32)15-13-21/h8-20,28H,1-7H3. The molecule has 0 amide bonds. The van der Waals surface area contributed by atoms with E-state index in [2.05, 4.69) is 23.8 Å². The molecule has 0 fully saturated rings. The summed E-state index contributed by atoms with van der Waals surface area (Å²) in [5.41, 5.74) is 3.63. The minimum absolute atomic E-state index is 0.0522. The summed E-state index contributed by atoms with van der Waals surface area (Å²) in [5.74, 6) is -0.127. The molecule has 206 valence electrons. The van der Waals surface area contributed by atoms with Gasteiger partial charge in [0, 0.05) is 7.11 Å². The van der Waals surface area contributed by atoms with Gasteiger partial charge in [-0.05, 0) is 64.3 Å². The molecule has 0 aliphatic carbocycles. The zero-order valence-electron chi connectivity index (χ0n) is 23.4. The fourth-order valence-electron chi connectivity index (χ4n) is 4.60. The van der Waals surface area contributed by atoms with E-state index in [1.807, 2.05) is 39.8 Å². The van der Waals surface area contributed by atoms with Crippen molar-refractivity contribution < 1.29 is 21.7 Å². The van der Waals surface area contributed by atoms with Gasteiger partial charge in [0.1, 0.15) is 16.8 Å². The maximum atomic E-state index is 14.1. The number of halogens is 1. The van der Waals surface area contributed by atoms with Crippen LogP contribution in [-0.4, -0.2) is 25.5 Å². The van der Waals surface area contributed by atoms with Crippen LogP contribution in [0, 0.1) is 5.82 Å². The largest absolute Gasteiger partial charge is 0.369 e. The van der Waals surface area contributed by atoms with Crippen LogP contribution in [0.5, 0.6) is 5.88 Å². The van der Waals surface area contributed by atoms with Crippen molar-refractivity contribution in [1.82, 2.24) is 9.97 Å². The summed E-state index contributed by atoms with van der Waals surface area (Å²) in [4.78, 5) is 9.35. The number of rotatable bonds is 9. The Labute approximate surface area is 230 Å². The Morgan fingerprint density at radius 1 is 0.769 bits per heavy atom. The Balaban J connectivity index is 1.90. The van der Waals surface area contributed by atoms with Crippen LogP contribution in [0.3, 0.4) is 0 Å². The van der Waals surface area contributed by atoms with Crippen molar-refractivity contribution in [3.05, 3.63) is 94.6 Å². The van der Waals surface area contributed by atoms with Gasteiger partial charge in [-0.2, -0.15) is 13.4 Å². The maximum absolute atomic E-state index is 14.1. The molecule has 1 atom stereocenters. The van der Waals surface area contributed by atoms with Gasteiger partial charge in [-0.15, -0.1) is 0 Å². The van der Waals surface area contributed by atoms with E-state index in [0.29, 0.717) is 27.6 Å². The topological polar surface area (TPSA) is 78.4 Å². The van der Waals surface area contributed by atoms with Gasteiger partial charge < -0.3 is 8.92 Å². The first-order chi connectivity index (χ1) is 18.4. The average molecular weight is 551 g/mol. The van der Waals surface area contributed by atoms with Gasteiger partial charge in [0.25, 0.3) is 0 Å². The first-order valence-electron chi connectivity index (χ1n) is 13.1. The monoisotopic (exact) mass is 550 g/mol. The van der Waals surface area contributed by atoms with Crippen LogP contribution in [0.15, 0.2) is 65.6 Å². The molecule has 4 aromatic rings. The fourth-order valence-corrected chi connectivity index (χ4v) is 6.18. The van der Waals surface area contributed by atoms with E-state index in [9.17, 15) is 12.8 Å². The second-order valence-corrected chi connectivity index (χ2v) is 12.1. The van der Waals surface area contributed by atoms with Crippen LogP contribution in [0.4, 0.5) is 4.39 Å². The van der Waals surface area contributed by atoms with Crippen molar-refractivity contribution in [1.29, 1.82) is 0 Å². The number of benzene rings is 3. The smallest absolute Gasteiger partial charge is 0.341 e. The van der Waals surface area contributed by atoms with E-state index < -0.39 is 16.2 Å². The maximum Gasteiger partial charge on any atom is 0.341 e. The molecule has 0 spiro atoms. The highest BCUT2D eigenvalue weighted by atomic mass is 32.2. The normalized spacial score (nSPS) is 13.0. The van der Waals surface area contributed by atoms with Gasteiger partial charge in [0.15, 0.2) is 5.82 Å². The number of para-hydroxylation sites is 1. The van der Waals surface area contributed by atoms with Crippen molar-refractivity contribution in [2.45, 2.75) is 70.3 Å². The highest BCUT2D eigenvalue weighted by Gasteiger charge is 2.30. The second-order valence-electron chi connectivity index (χ2n) is 10.6. The molecule has 1 aromatic heterocycles. The van der Waals surface area contributed by atoms with Crippen molar-refractivity contribution in [2.24, 2.45) is 0 Å². The molecule has 6 nitrogen and oxygen atoms in total. The third-order valence-electron chi connectivity index (χ3n) is 6.75. The summed E-state index contributed by atoms with van der Waals surface area (Å²) in [6.07, 6.45) is -0.761. The molecule has 0 saturated heterocycles. The number of hydrogen-bond donors (Lipinski definition) is 0. The lowest BCUT2D eigenvalue weighted by molar-refractivity contribution is 0.129. The van der Waals surface area contributed by atoms with E-state index in [0.717, 1.165) is 5.56 Å². The highest BCUT2D eigenvalue weighted by Crippen LogP contribution is 2.37. The van der Waals surface area contributed by atoms with Crippen molar-refractivity contribution in [3.8, 4) is 5.88 Å². The quantitative estimate of drug-likeness (QED) is 0.199. The summed E-state index contributed by atoms with van der Waals surface area (Å²) in [5, 5.41) is 0.453. The van der Waals surface area contributed by atoms with Gasteiger partial charge in [-0.25, -0.2) is 9.37 Å². The molecule has 1 unspecified atom stereocenters. The Kier molecular flexibility index (Phi) is 8.37. The van der Waals surface area contributed by atoms with E-state index in [1.54, 1.807) is 36.4 Å². The molecule has 8 heteroatoms. The van der Waals surface area contributed by atoms with Crippen LogP contribution in [0.1, 0.15) is 93.5 Å². The summed E-state index contributed by atoms with van der Waals surface area (Å²) in [6.45, 7) is 12.1. The Hall–Kier alpha value is -3.36. The third kappa shape index (κ3) is 5.97. The van der Waals surface area contributed by atoms with Crippen LogP contribution >= 0.6 is 0 Å². The summed E-state index contributed by atoms with van der Waals surface area (Å²) in [6, 6.07) is 16.8. The Morgan fingerprint density at radius 3 is 1.90 bits per heavy atom. The SMILES string of the molecule is COC(c1ccc(F)cc1)c1nc(OS(=O)(=O)c2c(C(C)C)cc(C(C)C)cc2C(C)C)c2ccccc2n1. The number of hydrogen-bond acceptors (Lipinski definition) is 6. The number of nitrogens with zero attached hydrogens (tertiary/aromatic N) is 2. The Bertz CT molecular complexity index is 1550. The van der Waals surface area contributed by atoms with Gasteiger partial charge in [-0.3, -0.25) is 0 Å². The van der Waals surface area contributed by atoms with Gasteiger partial charge in [0.05, 0.1) is 10.9 Å². The van der Waals surface area contributed by atoms with Crippen molar-refractivity contribution in [3.63, 3.8) is 0 Å². The molecule has 0 radical (unpaired) electrons. The molecular formula is C31H35FN2O4S. The zero-order valence-corrected chi connectivity index (χ0v) is 24.2. The minimum Gasteiger partial charge on any atom is -0.369 e. The molecule has 0 N–H and O–H groups in total. The summed E-state index contributed by atoms with van der Waals surface area (Å²) < 4.78 is 53.3. The number of aromatic nitrogens is 2. The molecule has 39 heavy (non-hydrogen) atoms. The van der Waals surface area contributed by atoms with Crippen LogP contribution in [-0.2, 0) is 14.9 Å². The first-order valence-corrected chi connectivity index (χ1v) is 14.5. The summed E-state index contributed by atoms with van der Waals surface area (Å²) in [7, 11) is -2.81. The third-order valence-corrected chi connectivity index (χ3v) is 8.10. The van der Waals surface area contributed by atoms with Crippen LogP contribution in [0.2, 0.25) is 0 Å². The van der Waals surface area contributed by atoms with Gasteiger partial charge in [0.2, 0.25) is 5.88 Å². The molecular weight excluding hydrogens is 515 g/mol. The van der Waals surface area contributed by atoms with Crippen molar-refractivity contribution >= 4 is 21.0 Å². The van der Waals surface area contributed by atoms with E-state index in [4.69, 9.17) is 8.92 Å². The molecule has 0 bridgehead atoms. The van der Waals surface area contributed by atoms with Gasteiger partial charge >= 0.3 is 10.1 Å². The van der Waals surface area contributed by atoms with E-state index in [-0.39, 0.29) is 40.2 Å². The summed E-state index contributed by atoms with van der Waals surface area (Å²) >= 11 is 0. The molecule has 4 rings (SSSR count). The minimum atomic E-state index is -4.30. The molecule has 0 aliphatic heterocycles. The number of ether oxygens (including phenoxy) is 1. The fraction of sp³-hybridized carbons (Fsp3) is 0.355. The predicted molar refractivity (Wildman–Crippen MR) is 151 cm³/mol. The lowest BCUT2D eigenvalue weighted by Crippen LogP contribution is -2.19. The lowest BCUT2D eigenvalue weighted by Gasteiger charge is -2.23. The molecule has 0 aliphatic rings. The first kappa shape index (κ1) is 28.6. The highest BCUT2D eigenvalue weighted by molar-refractivity contribution is 7.87. The lowest BCUT2D eigenvalue weighted by atomic mass is 9.89. The molecule has 0 saturated carbocycles. The average Bonchev–Trinajstić information content (AvgIpc) is 2.89. The van der Waals surface area contributed by atoms with Gasteiger partial charge in [-0.1, -0.05) is 77.9 Å². The number of methoxy groups -OCH3 is 1. The van der Waals surface area contributed by atoms with Crippen molar-refractivity contribution in [2.75, 3.05) is 7.11 Å². The zero-order chi connectivity index (χ0) is 28.5. The predicted octanol–water partition coefficient (Wildman–Crippen LogP) is 7.64. The van der Waals surface area contributed by atoms with E-state index in [1.165, 1.54) is 19.2 Å². The van der Waals surface area contributed by atoms with E-state index >= 15 is 0 Å². The number of fused-ring (bicyclic) bond motifs is 1. The second kappa shape index (κ2) is 11.4. The van der Waals surface area contributed by atoms with Crippen LogP contribution in [0.25, 0.3) is 10.9 Å². The Morgan fingerprint density at radius 2 is 1.36 bits per heavy atom. The van der Waals surface area contributed by atoms with Crippen LogP contribution < -0.4 is 4.18 Å².